The van der Waals surface area contributed by atoms with Crippen molar-refractivity contribution in [3.8, 4) is 0 Å². The maximum atomic E-state index is 13.1. The molecule has 0 radical (unpaired) electrons. The first-order valence-electron chi connectivity index (χ1n) is 9.85. The van der Waals surface area contributed by atoms with Crippen LogP contribution in [-0.2, 0) is 21.4 Å². The second-order valence-corrected chi connectivity index (χ2v) is 9.42. The van der Waals surface area contributed by atoms with Crippen molar-refractivity contribution in [1.29, 1.82) is 0 Å². The van der Waals surface area contributed by atoms with E-state index < -0.39 is 15.9 Å². The quantitative estimate of drug-likeness (QED) is 0.810. The number of sulfonamides is 1. The Morgan fingerprint density at radius 2 is 1.72 bits per heavy atom. The molecular formula is C21H27N3O4S. The SMILES string of the molecule is Cc1ccn(CC(=O)Nc2ccc(C)c(S(=O)(=O)N3CCCCCC3)c2)c(=O)c1. The average Bonchev–Trinajstić information content (AvgIpc) is 2.95. The Morgan fingerprint density at radius 3 is 2.38 bits per heavy atom. The van der Waals surface area contributed by atoms with Crippen molar-refractivity contribution < 1.29 is 13.2 Å². The summed E-state index contributed by atoms with van der Waals surface area (Å²) in [6.45, 7) is 4.47. The van der Waals surface area contributed by atoms with Gasteiger partial charge in [0.05, 0.1) is 4.90 Å². The van der Waals surface area contributed by atoms with Gasteiger partial charge in [-0.05, 0) is 56.0 Å². The van der Waals surface area contributed by atoms with Crippen LogP contribution >= 0.6 is 0 Å². The zero-order valence-corrected chi connectivity index (χ0v) is 17.7. The number of benzene rings is 1. The van der Waals surface area contributed by atoms with Crippen LogP contribution in [0.1, 0.15) is 36.8 Å². The molecule has 0 saturated carbocycles. The number of pyridine rings is 1. The van der Waals surface area contributed by atoms with Crippen LogP contribution in [0.4, 0.5) is 5.69 Å². The van der Waals surface area contributed by atoms with Crippen molar-refractivity contribution in [1.82, 2.24) is 8.87 Å². The van der Waals surface area contributed by atoms with Crippen LogP contribution < -0.4 is 10.9 Å². The fourth-order valence-electron chi connectivity index (χ4n) is 3.47. The predicted molar refractivity (Wildman–Crippen MR) is 112 cm³/mol. The largest absolute Gasteiger partial charge is 0.324 e. The van der Waals surface area contributed by atoms with E-state index in [1.54, 1.807) is 35.6 Å². The summed E-state index contributed by atoms with van der Waals surface area (Å²) in [5.74, 6) is -0.391. The number of aryl methyl sites for hydroxylation is 2. The summed E-state index contributed by atoms with van der Waals surface area (Å²) in [5, 5.41) is 2.71. The van der Waals surface area contributed by atoms with Gasteiger partial charge in [0, 0.05) is 31.0 Å². The molecule has 7 nitrogen and oxygen atoms in total. The van der Waals surface area contributed by atoms with E-state index in [0.717, 1.165) is 31.2 Å². The van der Waals surface area contributed by atoms with Gasteiger partial charge in [-0.1, -0.05) is 18.9 Å². The third kappa shape index (κ3) is 5.13. The van der Waals surface area contributed by atoms with E-state index in [1.807, 2.05) is 6.92 Å². The number of carbonyl (C=O) groups excluding carboxylic acids is 1. The van der Waals surface area contributed by atoms with Crippen LogP contribution in [-0.4, -0.2) is 36.3 Å². The summed E-state index contributed by atoms with van der Waals surface area (Å²) in [4.78, 5) is 24.6. The van der Waals surface area contributed by atoms with Gasteiger partial charge >= 0.3 is 0 Å². The standard InChI is InChI=1S/C21H27N3O4S/c1-16-9-12-23(21(26)13-16)15-20(25)22-18-8-7-17(2)19(14-18)29(27,28)24-10-5-3-4-6-11-24/h7-9,12-14H,3-6,10-11,15H2,1-2H3,(H,22,25). The lowest BCUT2D eigenvalue weighted by molar-refractivity contribution is -0.116. The summed E-state index contributed by atoms with van der Waals surface area (Å²) in [6.07, 6.45) is 5.38. The first-order chi connectivity index (χ1) is 13.8. The summed E-state index contributed by atoms with van der Waals surface area (Å²) in [6, 6.07) is 8.09. The van der Waals surface area contributed by atoms with Crippen molar-refractivity contribution >= 4 is 21.6 Å². The molecule has 1 amide bonds. The van der Waals surface area contributed by atoms with Crippen LogP contribution in [0.25, 0.3) is 0 Å². The van der Waals surface area contributed by atoms with Gasteiger partial charge in [0.2, 0.25) is 15.9 Å². The lowest BCUT2D eigenvalue weighted by atomic mass is 10.2. The van der Waals surface area contributed by atoms with Crippen LogP contribution in [0, 0.1) is 13.8 Å². The molecule has 1 aliphatic heterocycles. The van der Waals surface area contributed by atoms with Gasteiger partial charge in [-0.15, -0.1) is 0 Å². The van der Waals surface area contributed by atoms with Gasteiger partial charge in [-0.25, -0.2) is 8.42 Å². The normalized spacial score (nSPS) is 15.7. The molecule has 0 atom stereocenters. The van der Waals surface area contributed by atoms with Gasteiger partial charge in [0.25, 0.3) is 5.56 Å². The minimum Gasteiger partial charge on any atom is -0.324 e. The number of hydrogen-bond donors (Lipinski definition) is 1. The molecule has 29 heavy (non-hydrogen) atoms. The molecule has 1 aromatic heterocycles. The van der Waals surface area contributed by atoms with Crippen molar-refractivity contribution in [2.45, 2.75) is 51.0 Å². The highest BCUT2D eigenvalue weighted by Gasteiger charge is 2.27. The molecule has 2 heterocycles. The van der Waals surface area contributed by atoms with Crippen LogP contribution in [0.15, 0.2) is 46.2 Å². The Hall–Kier alpha value is -2.45. The molecule has 1 aliphatic rings. The molecule has 1 N–H and O–H groups in total. The van der Waals surface area contributed by atoms with E-state index in [2.05, 4.69) is 5.32 Å². The fraction of sp³-hybridized carbons (Fsp3) is 0.429. The summed E-state index contributed by atoms with van der Waals surface area (Å²) in [5.41, 5.74) is 1.61. The van der Waals surface area contributed by atoms with Gasteiger partial charge in [0.15, 0.2) is 0 Å². The number of aromatic nitrogens is 1. The molecule has 8 heteroatoms. The van der Waals surface area contributed by atoms with Gasteiger partial charge in [-0.3, -0.25) is 9.59 Å². The Bertz CT molecular complexity index is 1050. The molecule has 2 aromatic rings. The van der Waals surface area contributed by atoms with Crippen molar-refractivity contribution in [2.75, 3.05) is 18.4 Å². The van der Waals surface area contributed by atoms with Crippen LogP contribution in [0.5, 0.6) is 0 Å². The zero-order chi connectivity index (χ0) is 21.0. The van der Waals surface area contributed by atoms with Crippen molar-refractivity contribution in [3.63, 3.8) is 0 Å². The maximum absolute atomic E-state index is 13.1. The van der Waals surface area contributed by atoms with E-state index in [1.165, 1.54) is 16.7 Å². The highest BCUT2D eigenvalue weighted by Crippen LogP contribution is 2.25. The number of hydrogen-bond acceptors (Lipinski definition) is 4. The molecule has 0 aliphatic carbocycles. The Balaban J connectivity index is 1.79. The van der Waals surface area contributed by atoms with E-state index in [0.29, 0.717) is 24.3 Å². The van der Waals surface area contributed by atoms with Gasteiger partial charge < -0.3 is 9.88 Å². The van der Waals surface area contributed by atoms with Crippen LogP contribution in [0.3, 0.4) is 0 Å². The molecule has 0 unspecified atom stereocenters. The highest BCUT2D eigenvalue weighted by atomic mass is 32.2. The van der Waals surface area contributed by atoms with Crippen molar-refractivity contribution in [2.24, 2.45) is 0 Å². The molecule has 156 valence electrons. The Labute approximate surface area is 171 Å². The third-order valence-electron chi connectivity index (χ3n) is 5.12. The number of nitrogens with one attached hydrogen (secondary N) is 1. The third-order valence-corrected chi connectivity index (χ3v) is 7.16. The van der Waals surface area contributed by atoms with E-state index >= 15 is 0 Å². The molecule has 3 rings (SSSR count). The lowest BCUT2D eigenvalue weighted by Gasteiger charge is -2.21. The predicted octanol–water partition coefficient (Wildman–Crippen LogP) is 2.67. The summed E-state index contributed by atoms with van der Waals surface area (Å²) < 4.78 is 29.1. The highest BCUT2D eigenvalue weighted by molar-refractivity contribution is 7.89. The first-order valence-corrected chi connectivity index (χ1v) is 11.3. The minimum absolute atomic E-state index is 0.138. The van der Waals surface area contributed by atoms with E-state index in [9.17, 15) is 18.0 Å². The number of nitrogens with zero attached hydrogens (tertiary/aromatic N) is 2. The van der Waals surface area contributed by atoms with Crippen molar-refractivity contribution in [3.05, 3.63) is 58.0 Å². The van der Waals surface area contributed by atoms with E-state index in [-0.39, 0.29) is 17.0 Å². The summed E-state index contributed by atoms with van der Waals surface area (Å²) >= 11 is 0. The number of rotatable bonds is 5. The number of anilines is 1. The van der Waals surface area contributed by atoms with E-state index in [4.69, 9.17) is 0 Å². The van der Waals surface area contributed by atoms with Crippen LogP contribution in [0.2, 0.25) is 0 Å². The molecule has 1 fully saturated rings. The molecular weight excluding hydrogens is 390 g/mol. The second kappa shape index (κ2) is 8.92. The molecule has 1 aromatic carbocycles. The molecule has 1 saturated heterocycles. The Kier molecular flexibility index (Phi) is 6.54. The monoisotopic (exact) mass is 417 g/mol. The van der Waals surface area contributed by atoms with Gasteiger partial charge in [0.1, 0.15) is 6.54 Å². The first kappa shape index (κ1) is 21.3. The minimum atomic E-state index is -3.62. The average molecular weight is 418 g/mol. The number of carbonyl (C=O) groups is 1. The Morgan fingerprint density at radius 1 is 1.03 bits per heavy atom. The number of amides is 1. The fourth-order valence-corrected chi connectivity index (χ4v) is 5.24. The molecule has 0 spiro atoms. The lowest BCUT2D eigenvalue weighted by Crippen LogP contribution is -2.32. The second-order valence-electron chi connectivity index (χ2n) is 7.52. The molecule has 0 bridgehead atoms. The smallest absolute Gasteiger partial charge is 0.251 e. The zero-order valence-electron chi connectivity index (χ0n) is 16.8. The maximum Gasteiger partial charge on any atom is 0.251 e. The topological polar surface area (TPSA) is 88.5 Å². The van der Waals surface area contributed by atoms with Gasteiger partial charge in [-0.2, -0.15) is 4.31 Å². The summed E-state index contributed by atoms with van der Waals surface area (Å²) in [7, 11) is -3.62.